The summed E-state index contributed by atoms with van der Waals surface area (Å²) in [6, 6.07) is 3.80. The van der Waals surface area contributed by atoms with Crippen molar-refractivity contribution in [1.82, 2.24) is 4.98 Å². The van der Waals surface area contributed by atoms with E-state index >= 15 is 0 Å². The predicted molar refractivity (Wildman–Crippen MR) is 50.1 cm³/mol. The van der Waals surface area contributed by atoms with E-state index in [1.54, 1.807) is 6.92 Å². The Morgan fingerprint density at radius 1 is 1.71 bits per heavy atom. The summed E-state index contributed by atoms with van der Waals surface area (Å²) in [7, 11) is 0. The number of carboxylic acid groups (broad SMARTS) is 1. The number of hydrogen-bond acceptors (Lipinski definition) is 2. The molecule has 2 heterocycles. The Morgan fingerprint density at radius 2 is 2.43 bits per heavy atom. The molecule has 0 bridgehead atoms. The van der Waals surface area contributed by atoms with Gasteiger partial charge in [-0.1, -0.05) is 6.92 Å². The Labute approximate surface area is 81.9 Å². The molecule has 1 atom stereocenters. The lowest BCUT2D eigenvalue weighted by Gasteiger charge is -2.43. The number of carboxylic acids is 1. The maximum atomic E-state index is 11.0. The van der Waals surface area contributed by atoms with Gasteiger partial charge in [-0.15, -0.1) is 0 Å². The molecule has 76 valence electrons. The minimum absolute atomic E-state index is 0.352. The highest BCUT2D eigenvalue weighted by atomic mass is 16.5. The number of ether oxygens (including phenoxy) is 1. The van der Waals surface area contributed by atoms with Crippen LogP contribution in [0.1, 0.15) is 12.6 Å². The first-order valence-electron chi connectivity index (χ1n) is 4.61. The van der Waals surface area contributed by atoms with E-state index in [0.717, 1.165) is 5.69 Å². The van der Waals surface area contributed by atoms with Gasteiger partial charge in [0.1, 0.15) is 0 Å². The van der Waals surface area contributed by atoms with Crippen molar-refractivity contribution in [3.8, 4) is 0 Å². The highest BCUT2D eigenvalue weighted by Gasteiger charge is 2.49. The molecule has 1 aliphatic heterocycles. The first-order valence-corrected chi connectivity index (χ1v) is 4.61. The van der Waals surface area contributed by atoms with E-state index in [1.165, 1.54) is 0 Å². The van der Waals surface area contributed by atoms with E-state index in [-0.39, 0.29) is 5.41 Å². The third-order valence-electron chi connectivity index (χ3n) is 3.05. The predicted octanol–water partition coefficient (Wildman–Crippen LogP) is 1.00. The van der Waals surface area contributed by atoms with Crippen molar-refractivity contribution in [3.05, 3.63) is 24.0 Å². The summed E-state index contributed by atoms with van der Waals surface area (Å²) < 4.78 is 5.15. The van der Waals surface area contributed by atoms with Crippen molar-refractivity contribution in [3.63, 3.8) is 0 Å². The number of H-pyrrole nitrogens is 1. The molecule has 0 amide bonds. The van der Waals surface area contributed by atoms with Gasteiger partial charge in [-0.25, -0.2) is 0 Å². The highest BCUT2D eigenvalue weighted by Crippen LogP contribution is 2.38. The molecule has 1 aliphatic rings. The standard InChI is InChI=1S/C10H13NO3/c1-7(9(12)13)10(5-14-6-10)8-3-2-4-11-8/h2-4,7,11H,5-6H2,1H3,(H,12,13). The normalized spacial score (nSPS) is 21.2. The van der Waals surface area contributed by atoms with E-state index in [4.69, 9.17) is 9.84 Å². The molecule has 0 aromatic carbocycles. The van der Waals surface area contributed by atoms with Crippen LogP contribution in [0.4, 0.5) is 0 Å². The number of hydrogen-bond donors (Lipinski definition) is 2. The van der Waals surface area contributed by atoms with Gasteiger partial charge < -0.3 is 14.8 Å². The molecule has 2 rings (SSSR count). The molecule has 1 unspecified atom stereocenters. The molecule has 4 heteroatoms. The van der Waals surface area contributed by atoms with Crippen molar-refractivity contribution >= 4 is 5.97 Å². The van der Waals surface area contributed by atoms with Gasteiger partial charge in [0.2, 0.25) is 0 Å². The molecule has 1 fully saturated rings. The van der Waals surface area contributed by atoms with Gasteiger partial charge in [-0.3, -0.25) is 4.79 Å². The zero-order valence-corrected chi connectivity index (χ0v) is 7.99. The third kappa shape index (κ3) is 1.14. The number of aromatic nitrogens is 1. The third-order valence-corrected chi connectivity index (χ3v) is 3.05. The van der Waals surface area contributed by atoms with E-state index in [9.17, 15) is 4.79 Å². The first-order chi connectivity index (χ1) is 6.67. The van der Waals surface area contributed by atoms with Crippen molar-refractivity contribution in [2.24, 2.45) is 5.92 Å². The first kappa shape index (κ1) is 9.27. The molecule has 2 N–H and O–H groups in total. The average molecular weight is 195 g/mol. The van der Waals surface area contributed by atoms with E-state index in [0.29, 0.717) is 13.2 Å². The van der Waals surface area contributed by atoms with Crippen molar-refractivity contribution < 1.29 is 14.6 Å². The van der Waals surface area contributed by atoms with Crippen LogP contribution in [-0.2, 0) is 14.9 Å². The molecular weight excluding hydrogens is 182 g/mol. The number of aliphatic carboxylic acids is 1. The maximum absolute atomic E-state index is 11.0. The molecule has 1 saturated heterocycles. The van der Waals surface area contributed by atoms with Crippen LogP contribution in [0.3, 0.4) is 0 Å². The molecule has 0 radical (unpaired) electrons. The summed E-state index contributed by atoms with van der Waals surface area (Å²) in [5.41, 5.74) is 0.605. The zero-order valence-electron chi connectivity index (χ0n) is 7.99. The largest absolute Gasteiger partial charge is 0.481 e. The van der Waals surface area contributed by atoms with Crippen LogP contribution in [0.25, 0.3) is 0 Å². The fourth-order valence-electron chi connectivity index (χ4n) is 1.84. The molecular formula is C10H13NO3. The lowest BCUT2D eigenvalue weighted by atomic mass is 9.72. The van der Waals surface area contributed by atoms with Crippen LogP contribution in [-0.4, -0.2) is 29.3 Å². The van der Waals surface area contributed by atoms with Gasteiger partial charge in [0, 0.05) is 11.9 Å². The fourth-order valence-corrected chi connectivity index (χ4v) is 1.84. The van der Waals surface area contributed by atoms with Crippen LogP contribution in [0.5, 0.6) is 0 Å². The molecule has 1 aromatic rings. The summed E-state index contributed by atoms with van der Waals surface area (Å²) in [5.74, 6) is -1.20. The van der Waals surface area contributed by atoms with Gasteiger partial charge in [0.15, 0.2) is 0 Å². The number of rotatable bonds is 3. The van der Waals surface area contributed by atoms with Crippen LogP contribution in [0, 0.1) is 5.92 Å². The van der Waals surface area contributed by atoms with Gasteiger partial charge in [-0.2, -0.15) is 0 Å². The number of nitrogens with one attached hydrogen (secondary N) is 1. The van der Waals surface area contributed by atoms with Crippen molar-refractivity contribution in [2.75, 3.05) is 13.2 Å². The minimum Gasteiger partial charge on any atom is -0.481 e. The topological polar surface area (TPSA) is 62.3 Å². The second-order valence-corrected chi connectivity index (χ2v) is 3.79. The van der Waals surface area contributed by atoms with Crippen LogP contribution in [0.15, 0.2) is 18.3 Å². The Morgan fingerprint density at radius 3 is 2.79 bits per heavy atom. The summed E-state index contributed by atoms with van der Waals surface area (Å²) in [6.07, 6.45) is 1.81. The quantitative estimate of drug-likeness (QED) is 0.756. The summed E-state index contributed by atoms with van der Waals surface area (Å²) in [5, 5.41) is 9.01. The zero-order chi connectivity index (χ0) is 10.2. The van der Waals surface area contributed by atoms with Crippen LogP contribution < -0.4 is 0 Å². The average Bonchev–Trinajstić information content (AvgIpc) is 2.55. The van der Waals surface area contributed by atoms with E-state index < -0.39 is 11.9 Å². The molecule has 0 aliphatic carbocycles. The molecule has 1 aromatic heterocycles. The van der Waals surface area contributed by atoms with E-state index in [2.05, 4.69) is 4.98 Å². The van der Waals surface area contributed by atoms with Crippen molar-refractivity contribution in [2.45, 2.75) is 12.3 Å². The van der Waals surface area contributed by atoms with Gasteiger partial charge in [-0.05, 0) is 12.1 Å². The monoisotopic (exact) mass is 195 g/mol. The highest BCUT2D eigenvalue weighted by molar-refractivity contribution is 5.72. The van der Waals surface area contributed by atoms with Gasteiger partial charge in [0.05, 0.1) is 24.5 Å². The van der Waals surface area contributed by atoms with Gasteiger partial charge in [0.25, 0.3) is 0 Å². The molecule has 0 saturated carbocycles. The minimum atomic E-state index is -0.775. The second kappa shape index (κ2) is 3.13. The van der Waals surface area contributed by atoms with Crippen LogP contribution >= 0.6 is 0 Å². The summed E-state index contributed by atoms with van der Waals surface area (Å²) in [4.78, 5) is 14.0. The molecule has 4 nitrogen and oxygen atoms in total. The fraction of sp³-hybridized carbons (Fsp3) is 0.500. The Bertz CT molecular complexity index is 327. The Hall–Kier alpha value is -1.29. The Kier molecular flexibility index (Phi) is 2.07. The summed E-state index contributed by atoms with van der Waals surface area (Å²) >= 11 is 0. The lowest BCUT2D eigenvalue weighted by Crippen LogP contribution is -2.54. The van der Waals surface area contributed by atoms with Gasteiger partial charge >= 0.3 is 5.97 Å². The second-order valence-electron chi connectivity index (χ2n) is 3.79. The number of carbonyl (C=O) groups is 1. The van der Waals surface area contributed by atoms with Crippen molar-refractivity contribution in [1.29, 1.82) is 0 Å². The van der Waals surface area contributed by atoms with Crippen LogP contribution in [0.2, 0.25) is 0 Å². The SMILES string of the molecule is CC(C(=O)O)C1(c2ccc[nH]2)COC1. The lowest BCUT2D eigenvalue weighted by molar-refractivity contribution is -0.155. The smallest absolute Gasteiger partial charge is 0.307 e. The maximum Gasteiger partial charge on any atom is 0.307 e. The van der Waals surface area contributed by atoms with E-state index in [1.807, 2.05) is 18.3 Å². The summed E-state index contributed by atoms with van der Waals surface area (Å²) in [6.45, 7) is 2.70. The number of aromatic amines is 1. The molecule has 14 heavy (non-hydrogen) atoms. The molecule has 0 spiro atoms. The Balaban J connectivity index is 2.31.